The van der Waals surface area contributed by atoms with Crippen molar-refractivity contribution in [2.24, 2.45) is 0 Å². The van der Waals surface area contributed by atoms with Gasteiger partial charge in [-0.2, -0.15) is 0 Å². The first-order valence-corrected chi connectivity index (χ1v) is 8.88. The molecule has 6 heteroatoms. The summed E-state index contributed by atoms with van der Waals surface area (Å²) in [5.41, 5.74) is 2.44. The van der Waals surface area contributed by atoms with Crippen LogP contribution in [0.1, 0.15) is 5.69 Å². The van der Waals surface area contributed by atoms with Crippen LogP contribution in [-0.2, 0) is 6.54 Å². The number of phenols is 1. The minimum Gasteiger partial charge on any atom is -0.505 e. The van der Waals surface area contributed by atoms with Crippen LogP contribution in [0.15, 0.2) is 55.9 Å². The molecule has 1 aromatic heterocycles. The molecule has 0 bridgehead atoms. The van der Waals surface area contributed by atoms with Crippen molar-refractivity contribution in [2.75, 3.05) is 5.32 Å². The highest BCUT2D eigenvalue weighted by atomic mass is 79.9. The van der Waals surface area contributed by atoms with Gasteiger partial charge in [0.15, 0.2) is 5.75 Å². The van der Waals surface area contributed by atoms with Gasteiger partial charge in [0.05, 0.1) is 16.7 Å². The Kier molecular flexibility index (Phi) is 4.70. The Labute approximate surface area is 153 Å². The van der Waals surface area contributed by atoms with Crippen LogP contribution in [0, 0.1) is 0 Å². The average Bonchev–Trinajstić information content (AvgIpc) is 2.50. The number of benzene rings is 2. The van der Waals surface area contributed by atoms with Gasteiger partial charge in [-0.3, -0.25) is 0 Å². The minimum atomic E-state index is 0.155. The summed E-state index contributed by atoms with van der Waals surface area (Å²) in [6.45, 7) is 0.579. The number of hydrogen-bond acceptors (Lipinski definition) is 3. The lowest BCUT2D eigenvalue weighted by atomic mass is 10.2. The lowest BCUT2D eigenvalue weighted by Gasteiger charge is -2.09. The number of nitrogens with zero attached hydrogens (tertiary/aromatic N) is 1. The summed E-state index contributed by atoms with van der Waals surface area (Å²) in [6.07, 6.45) is 0. The molecule has 0 atom stereocenters. The summed E-state index contributed by atoms with van der Waals surface area (Å²) in [5, 5.41) is 14.4. The Morgan fingerprint density at radius 3 is 2.59 bits per heavy atom. The number of nitrogens with one attached hydrogen (secondary N) is 1. The zero-order valence-corrected chi connectivity index (χ0v) is 16.0. The molecule has 112 valence electrons. The summed E-state index contributed by atoms with van der Waals surface area (Å²) >= 11 is 10.3. The largest absolute Gasteiger partial charge is 0.505 e. The normalized spacial score (nSPS) is 10.9. The molecule has 0 unspecified atom stereocenters. The second-order valence-corrected chi connectivity index (χ2v) is 7.38. The van der Waals surface area contributed by atoms with E-state index in [1.807, 2.05) is 42.5 Å². The van der Waals surface area contributed by atoms with Gasteiger partial charge >= 0.3 is 0 Å². The SMILES string of the molecule is Oc1c(Br)cc(Br)c2ccc(CNc3cccc(Br)c3)nc12. The molecule has 0 aliphatic heterocycles. The van der Waals surface area contributed by atoms with Crippen molar-refractivity contribution >= 4 is 64.4 Å². The monoisotopic (exact) mass is 484 g/mol. The molecule has 3 aromatic rings. The maximum atomic E-state index is 10.2. The van der Waals surface area contributed by atoms with Crippen LogP contribution in [0.25, 0.3) is 10.9 Å². The minimum absolute atomic E-state index is 0.155. The quantitative estimate of drug-likeness (QED) is 0.489. The Morgan fingerprint density at radius 1 is 1.00 bits per heavy atom. The third-order valence-electron chi connectivity index (χ3n) is 3.21. The molecule has 2 aromatic carbocycles. The first-order valence-electron chi connectivity index (χ1n) is 6.50. The van der Waals surface area contributed by atoms with Gasteiger partial charge in [-0.1, -0.05) is 37.9 Å². The Balaban J connectivity index is 1.90. The summed E-state index contributed by atoms with van der Waals surface area (Å²) in [5.74, 6) is 0.155. The number of aromatic hydroxyl groups is 1. The standard InChI is InChI=1S/C16H11Br3N2O/c17-9-2-1-3-10(6-9)20-8-11-4-5-12-13(18)7-14(19)16(22)15(12)21-11/h1-7,20,22H,8H2. The van der Waals surface area contributed by atoms with Crippen molar-refractivity contribution in [3.8, 4) is 5.75 Å². The Morgan fingerprint density at radius 2 is 1.82 bits per heavy atom. The highest BCUT2D eigenvalue weighted by Crippen LogP contribution is 2.36. The molecule has 0 radical (unpaired) electrons. The third kappa shape index (κ3) is 3.29. The average molecular weight is 487 g/mol. The second kappa shape index (κ2) is 6.56. The zero-order valence-electron chi connectivity index (χ0n) is 11.3. The van der Waals surface area contributed by atoms with Crippen LogP contribution >= 0.6 is 47.8 Å². The van der Waals surface area contributed by atoms with Crippen LogP contribution in [0.2, 0.25) is 0 Å². The van der Waals surface area contributed by atoms with Crippen LogP contribution in [-0.4, -0.2) is 10.1 Å². The van der Waals surface area contributed by atoms with E-state index in [0.717, 1.165) is 25.7 Å². The van der Waals surface area contributed by atoms with E-state index in [1.54, 1.807) is 0 Å². The van der Waals surface area contributed by atoms with Gasteiger partial charge in [0.25, 0.3) is 0 Å². The molecule has 0 saturated carbocycles. The highest BCUT2D eigenvalue weighted by Gasteiger charge is 2.10. The molecule has 0 aliphatic carbocycles. The van der Waals surface area contributed by atoms with Gasteiger partial charge in [-0.15, -0.1) is 0 Å². The van der Waals surface area contributed by atoms with E-state index in [1.165, 1.54) is 0 Å². The maximum Gasteiger partial charge on any atom is 0.156 e. The molecule has 2 N–H and O–H groups in total. The molecule has 22 heavy (non-hydrogen) atoms. The van der Waals surface area contributed by atoms with Crippen LogP contribution in [0.4, 0.5) is 5.69 Å². The van der Waals surface area contributed by atoms with Gasteiger partial charge in [0.2, 0.25) is 0 Å². The van der Waals surface area contributed by atoms with Crippen molar-refractivity contribution < 1.29 is 5.11 Å². The van der Waals surface area contributed by atoms with E-state index in [2.05, 4.69) is 58.1 Å². The molecule has 0 amide bonds. The van der Waals surface area contributed by atoms with E-state index >= 15 is 0 Å². The number of anilines is 1. The van der Waals surface area contributed by atoms with E-state index in [0.29, 0.717) is 16.5 Å². The third-order valence-corrected chi connectivity index (χ3v) is 4.97. The summed E-state index contributed by atoms with van der Waals surface area (Å²) in [6, 6.07) is 13.7. The predicted octanol–water partition coefficient (Wildman–Crippen LogP) is 5.84. The molecule has 3 nitrogen and oxygen atoms in total. The fourth-order valence-corrected chi connectivity index (χ4v) is 3.80. The van der Waals surface area contributed by atoms with Crippen molar-refractivity contribution in [1.82, 2.24) is 4.98 Å². The zero-order chi connectivity index (χ0) is 15.7. The molecule has 1 heterocycles. The summed E-state index contributed by atoms with van der Waals surface area (Å²) < 4.78 is 2.54. The van der Waals surface area contributed by atoms with Gasteiger partial charge in [0.1, 0.15) is 5.52 Å². The Hall–Kier alpha value is -1.11. The number of fused-ring (bicyclic) bond motifs is 1. The molecule has 0 saturated heterocycles. The van der Waals surface area contributed by atoms with E-state index in [4.69, 9.17) is 0 Å². The topological polar surface area (TPSA) is 45.1 Å². The predicted molar refractivity (Wildman–Crippen MR) is 100 cm³/mol. The highest BCUT2D eigenvalue weighted by molar-refractivity contribution is 9.11. The maximum absolute atomic E-state index is 10.2. The van der Waals surface area contributed by atoms with Crippen molar-refractivity contribution in [2.45, 2.75) is 6.54 Å². The fraction of sp³-hybridized carbons (Fsp3) is 0.0625. The van der Waals surface area contributed by atoms with E-state index < -0.39 is 0 Å². The molecule has 0 aliphatic rings. The fourth-order valence-electron chi connectivity index (χ4n) is 2.13. The first-order chi connectivity index (χ1) is 10.5. The summed E-state index contributed by atoms with van der Waals surface area (Å²) in [4.78, 5) is 4.55. The second-order valence-electron chi connectivity index (χ2n) is 4.75. The lowest BCUT2D eigenvalue weighted by molar-refractivity contribution is 0.477. The molecule has 0 spiro atoms. The first kappa shape index (κ1) is 15.8. The molecular formula is C16H11Br3N2O. The van der Waals surface area contributed by atoms with Crippen LogP contribution in [0.5, 0.6) is 5.75 Å². The van der Waals surface area contributed by atoms with Gasteiger partial charge in [0, 0.05) is 20.0 Å². The number of halogens is 3. The van der Waals surface area contributed by atoms with E-state index in [-0.39, 0.29) is 5.75 Å². The van der Waals surface area contributed by atoms with Crippen molar-refractivity contribution in [3.63, 3.8) is 0 Å². The number of aromatic nitrogens is 1. The lowest BCUT2D eigenvalue weighted by Crippen LogP contribution is -2.01. The number of pyridine rings is 1. The Bertz CT molecular complexity index is 852. The molecule has 3 rings (SSSR count). The van der Waals surface area contributed by atoms with Gasteiger partial charge in [-0.25, -0.2) is 4.98 Å². The van der Waals surface area contributed by atoms with Crippen molar-refractivity contribution in [1.29, 1.82) is 0 Å². The number of phenolic OH excluding ortho intramolecular Hbond substituents is 1. The van der Waals surface area contributed by atoms with Crippen molar-refractivity contribution in [3.05, 3.63) is 61.6 Å². The summed E-state index contributed by atoms with van der Waals surface area (Å²) in [7, 11) is 0. The number of rotatable bonds is 3. The van der Waals surface area contributed by atoms with E-state index in [9.17, 15) is 5.11 Å². The smallest absolute Gasteiger partial charge is 0.156 e. The van der Waals surface area contributed by atoms with Crippen LogP contribution in [0.3, 0.4) is 0 Å². The number of hydrogen-bond donors (Lipinski definition) is 2. The van der Waals surface area contributed by atoms with Gasteiger partial charge < -0.3 is 10.4 Å². The van der Waals surface area contributed by atoms with Gasteiger partial charge in [-0.05, 0) is 52.3 Å². The molecule has 0 fully saturated rings. The molecular weight excluding hydrogens is 476 g/mol. The van der Waals surface area contributed by atoms with Crippen LogP contribution < -0.4 is 5.32 Å².